The van der Waals surface area contributed by atoms with Crippen molar-refractivity contribution in [1.82, 2.24) is 14.8 Å². The number of hydrogen-bond acceptors (Lipinski definition) is 9. The van der Waals surface area contributed by atoms with Gasteiger partial charge in [-0.3, -0.25) is 9.59 Å². The van der Waals surface area contributed by atoms with Crippen molar-refractivity contribution < 1.29 is 19.1 Å². The van der Waals surface area contributed by atoms with E-state index in [9.17, 15) is 14.4 Å². The fourth-order valence-corrected chi connectivity index (χ4v) is 7.53. The first-order chi connectivity index (χ1) is 17.7. The molecule has 0 fully saturated rings. The highest BCUT2D eigenvalue weighted by Gasteiger charge is 2.27. The third kappa shape index (κ3) is 5.75. The van der Waals surface area contributed by atoms with E-state index in [2.05, 4.69) is 39.3 Å². The number of nitrogens with zero attached hydrogens (tertiary/aromatic N) is 3. The summed E-state index contributed by atoms with van der Waals surface area (Å²) in [6.07, 6.45) is 4.24. The lowest BCUT2D eigenvalue weighted by atomic mass is 9.88. The molecule has 0 aromatic carbocycles. The molecule has 0 saturated heterocycles. The standard InChI is InChI=1S/C25H31N5O4S3/c1-5-9-30-22(16-11-35-17-10-13(3)7-8-15(16)17)28-29-25(30)36-12-18(31)27-23-19(24(33)34-6-2)14(4)20(37-23)21(26)32/h11,13H,5-10,12H2,1-4H3,(H2,26,32)(H,27,31). The summed E-state index contributed by atoms with van der Waals surface area (Å²) >= 11 is 4.06. The van der Waals surface area contributed by atoms with Gasteiger partial charge in [0.15, 0.2) is 11.0 Å². The molecule has 1 unspecified atom stereocenters. The van der Waals surface area contributed by atoms with E-state index in [1.165, 1.54) is 28.6 Å². The van der Waals surface area contributed by atoms with Crippen molar-refractivity contribution in [2.45, 2.75) is 65.1 Å². The van der Waals surface area contributed by atoms with Crippen LogP contribution in [-0.2, 0) is 28.9 Å². The number of aromatic nitrogens is 3. The molecule has 3 aromatic rings. The number of rotatable bonds is 10. The fourth-order valence-electron chi connectivity index (χ4n) is 4.46. The van der Waals surface area contributed by atoms with Gasteiger partial charge in [-0.1, -0.05) is 25.6 Å². The SMILES string of the molecule is CCCn1c(SCC(=O)Nc2sc(C(N)=O)c(C)c2C(=O)OCC)nnc1-c1csc2c1CCC(C)C2. The van der Waals surface area contributed by atoms with Gasteiger partial charge >= 0.3 is 5.97 Å². The zero-order chi connectivity index (χ0) is 26.7. The second-order valence-corrected chi connectivity index (χ2v) is 12.0. The van der Waals surface area contributed by atoms with E-state index in [4.69, 9.17) is 10.5 Å². The molecule has 0 aliphatic heterocycles. The van der Waals surface area contributed by atoms with Crippen LogP contribution in [0, 0.1) is 12.8 Å². The second kappa shape index (κ2) is 11.8. The van der Waals surface area contributed by atoms with Crippen molar-refractivity contribution >= 4 is 57.2 Å². The average Bonchev–Trinajstić information content (AvgIpc) is 3.53. The smallest absolute Gasteiger partial charge is 0.341 e. The third-order valence-electron chi connectivity index (χ3n) is 6.24. The van der Waals surface area contributed by atoms with Crippen LogP contribution in [0.1, 0.15) is 69.6 Å². The van der Waals surface area contributed by atoms with Crippen molar-refractivity contribution in [2.24, 2.45) is 11.7 Å². The molecule has 1 atom stereocenters. The molecular formula is C25H31N5O4S3. The number of nitrogens with one attached hydrogen (secondary N) is 1. The van der Waals surface area contributed by atoms with Crippen LogP contribution >= 0.6 is 34.4 Å². The minimum atomic E-state index is -0.659. The summed E-state index contributed by atoms with van der Waals surface area (Å²) in [5.41, 5.74) is 8.55. The first-order valence-corrected chi connectivity index (χ1v) is 15.0. The van der Waals surface area contributed by atoms with E-state index >= 15 is 0 Å². The topological polar surface area (TPSA) is 129 Å². The van der Waals surface area contributed by atoms with Crippen LogP contribution in [0.5, 0.6) is 0 Å². The summed E-state index contributed by atoms with van der Waals surface area (Å²) in [6.45, 7) is 8.62. The summed E-state index contributed by atoms with van der Waals surface area (Å²) in [6, 6.07) is 0. The number of esters is 1. The number of carbonyl (C=O) groups excluding carboxylic acids is 3. The summed E-state index contributed by atoms with van der Waals surface area (Å²) in [4.78, 5) is 38.8. The van der Waals surface area contributed by atoms with Gasteiger partial charge in [0.05, 0.1) is 22.8 Å². The summed E-state index contributed by atoms with van der Waals surface area (Å²) in [7, 11) is 0. The zero-order valence-corrected chi connectivity index (χ0v) is 23.8. The Bertz CT molecular complexity index is 1330. The van der Waals surface area contributed by atoms with Gasteiger partial charge in [0.1, 0.15) is 5.00 Å². The van der Waals surface area contributed by atoms with E-state index in [0.717, 1.165) is 48.5 Å². The lowest BCUT2D eigenvalue weighted by Crippen LogP contribution is -2.17. The Morgan fingerprint density at radius 3 is 2.78 bits per heavy atom. The lowest BCUT2D eigenvalue weighted by Gasteiger charge is -2.19. The van der Waals surface area contributed by atoms with Crippen LogP contribution in [0.2, 0.25) is 0 Å². The zero-order valence-electron chi connectivity index (χ0n) is 21.4. The predicted molar refractivity (Wildman–Crippen MR) is 148 cm³/mol. The molecule has 0 saturated carbocycles. The Morgan fingerprint density at radius 2 is 2.08 bits per heavy atom. The second-order valence-electron chi connectivity index (χ2n) is 9.04. The van der Waals surface area contributed by atoms with Gasteiger partial charge in [0.25, 0.3) is 5.91 Å². The molecule has 1 aliphatic carbocycles. The molecule has 37 heavy (non-hydrogen) atoms. The molecule has 2 amide bonds. The van der Waals surface area contributed by atoms with Gasteiger partial charge in [0, 0.05) is 22.4 Å². The van der Waals surface area contributed by atoms with Crippen molar-refractivity contribution in [2.75, 3.05) is 17.7 Å². The van der Waals surface area contributed by atoms with Crippen LogP contribution in [0.15, 0.2) is 10.5 Å². The Labute approximate surface area is 228 Å². The Hall–Kier alpha value is -2.70. The van der Waals surface area contributed by atoms with Gasteiger partial charge in [-0.05, 0) is 56.6 Å². The minimum Gasteiger partial charge on any atom is -0.462 e. The normalized spacial score (nSPS) is 14.9. The van der Waals surface area contributed by atoms with Crippen LogP contribution in [-0.4, -0.2) is 44.9 Å². The van der Waals surface area contributed by atoms with Crippen LogP contribution in [0.25, 0.3) is 11.4 Å². The highest BCUT2D eigenvalue weighted by Crippen LogP contribution is 2.38. The Balaban J connectivity index is 1.52. The van der Waals surface area contributed by atoms with Crippen molar-refractivity contribution in [3.63, 3.8) is 0 Å². The molecule has 3 heterocycles. The highest BCUT2D eigenvalue weighted by atomic mass is 32.2. The number of primary amides is 1. The number of hydrogen-bond donors (Lipinski definition) is 2. The number of nitrogens with two attached hydrogens (primary N) is 1. The lowest BCUT2D eigenvalue weighted by molar-refractivity contribution is -0.113. The molecule has 3 N–H and O–H groups in total. The van der Waals surface area contributed by atoms with Gasteiger partial charge in [-0.15, -0.1) is 32.9 Å². The molecule has 0 spiro atoms. The maximum atomic E-state index is 12.9. The van der Waals surface area contributed by atoms with E-state index in [1.54, 1.807) is 25.2 Å². The third-order valence-corrected chi connectivity index (χ3v) is 9.48. The molecule has 1 aliphatic rings. The first kappa shape index (κ1) is 27.3. The van der Waals surface area contributed by atoms with Crippen molar-refractivity contribution in [1.29, 1.82) is 0 Å². The Kier molecular flexibility index (Phi) is 8.71. The molecule has 12 heteroatoms. The molecule has 3 aromatic heterocycles. The largest absolute Gasteiger partial charge is 0.462 e. The molecule has 9 nitrogen and oxygen atoms in total. The van der Waals surface area contributed by atoms with E-state index in [-0.39, 0.29) is 33.7 Å². The molecule has 4 rings (SSSR count). The molecule has 0 bridgehead atoms. The number of carbonyl (C=O) groups is 3. The number of amides is 2. The summed E-state index contributed by atoms with van der Waals surface area (Å²) in [5.74, 6) is 0.0174. The van der Waals surface area contributed by atoms with E-state index < -0.39 is 11.9 Å². The number of fused-ring (bicyclic) bond motifs is 1. The molecular weight excluding hydrogens is 531 g/mol. The van der Waals surface area contributed by atoms with E-state index in [1.807, 2.05) is 0 Å². The van der Waals surface area contributed by atoms with Gasteiger partial charge in [-0.2, -0.15) is 0 Å². The van der Waals surface area contributed by atoms with Crippen molar-refractivity contribution in [3.8, 4) is 11.4 Å². The van der Waals surface area contributed by atoms with Gasteiger partial charge in [0.2, 0.25) is 5.91 Å². The van der Waals surface area contributed by atoms with Crippen LogP contribution in [0.4, 0.5) is 5.00 Å². The quantitative estimate of drug-likeness (QED) is 0.266. The number of thioether (sulfide) groups is 1. The molecule has 198 valence electrons. The van der Waals surface area contributed by atoms with Gasteiger partial charge < -0.3 is 20.4 Å². The predicted octanol–water partition coefficient (Wildman–Crippen LogP) is 4.92. The minimum absolute atomic E-state index is 0.0617. The first-order valence-electron chi connectivity index (χ1n) is 12.3. The van der Waals surface area contributed by atoms with Gasteiger partial charge in [-0.25, -0.2) is 4.79 Å². The summed E-state index contributed by atoms with van der Waals surface area (Å²) < 4.78 is 7.20. The highest BCUT2D eigenvalue weighted by molar-refractivity contribution is 7.99. The number of anilines is 1. The maximum Gasteiger partial charge on any atom is 0.341 e. The van der Waals surface area contributed by atoms with Crippen LogP contribution < -0.4 is 11.1 Å². The molecule has 0 radical (unpaired) electrons. The average molecular weight is 562 g/mol. The maximum absolute atomic E-state index is 12.9. The Morgan fingerprint density at radius 1 is 1.30 bits per heavy atom. The van der Waals surface area contributed by atoms with E-state index in [0.29, 0.717) is 16.6 Å². The van der Waals surface area contributed by atoms with Crippen molar-refractivity contribution in [3.05, 3.63) is 31.8 Å². The summed E-state index contributed by atoms with van der Waals surface area (Å²) in [5, 5.41) is 14.8. The monoisotopic (exact) mass is 561 g/mol. The fraction of sp³-hybridized carbons (Fsp3) is 0.480. The number of thiophene rings is 2. The van der Waals surface area contributed by atoms with Crippen LogP contribution in [0.3, 0.4) is 0 Å². The number of ether oxygens (including phenoxy) is 1.